The van der Waals surface area contributed by atoms with Gasteiger partial charge in [0.1, 0.15) is 5.75 Å². The van der Waals surface area contributed by atoms with Gasteiger partial charge in [-0.15, -0.1) is 0 Å². The predicted molar refractivity (Wildman–Crippen MR) is 95.5 cm³/mol. The summed E-state index contributed by atoms with van der Waals surface area (Å²) >= 11 is 0. The van der Waals surface area contributed by atoms with E-state index in [-0.39, 0.29) is 24.4 Å². The van der Waals surface area contributed by atoms with Gasteiger partial charge >= 0.3 is 6.03 Å². The Balaban J connectivity index is 1.83. The summed E-state index contributed by atoms with van der Waals surface area (Å²) in [6, 6.07) is 16.3. The second kappa shape index (κ2) is 7.70. The Hall–Kier alpha value is -3.02. The van der Waals surface area contributed by atoms with Crippen LogP contribution >= 0.6 is 0 Å². The van der Waals surface area contributed by atoms with E-state index in [9.17, 15) is 9.59 Å². The molecular formula is C19H21N3O3. The van der Waals surface area contributed by atoms with Crippen molar-refractivity contribution in [2.24, 2.45) is 0 Å². The molecule has 2 aromatic rings. The molecule has 1 heterocycles. The maximum absolute atomic E-state index is 12.8. The highest BCUT2D eigenvalue weighted by atomic mass is 16.5. The lowest BCUT2D eigenvalue weighted by atomic mass is 10.0. The standard InChI is InChI=1S/C19H21N3O3/c1-25-16-9-5-8-15(12-16)21-19(24)22-11-10-20-18(23)13-17(22)14-6-3-2-4-7-14/h2-9,12,17H,10-11,13H2,1H3,(H,20,23)(H,21,24)/t17-/m1/s1. The molecule has 0 saturated carbocycles. The van der Waals surface area contributed by atoms with Gasteiger partial charge in [-0.25, -0.2) is 4.79 Å². The van der Waals surface area contributed by atoms with Gasteiger partial charge in [0, 0.05) is 24.8 Å². The number of nitrogens with one attached hydrogen (secondary N) is 2. The second-order valence-electron chi connectivity index (χ2n) is 5.84. The van der Waals surface area contributed by atoms with Crippen LogP contribution in [0, 0.1) is 0 Å². The zero-order valence-corrected chi connectivity index (χ0v) is 14.1. The molecular weight excluding hydrogens is 318 g/mol. The minimum absolute atomic E-state index is 0.0504. The lowest BCUT2D eigenvalue weighted by molar-refractivity contribution is -0.121. The van der Waals surface area contributed by atoms with Gasteiger partial charge in [-0.3, -0.25) is 4.79 Å². The Bertz CT molecular complexity index is 749. The normalized spacial score (nSPS) is 17.4. The first-order valence-electron chi connectivity index (χ1n) is 8.20. The molecule has 25 heavy (non-hydrogen) atoms. The topological polar surface area (TPSA) is 70.7 Å². The first-order valence-corrected chi connectivity index (χ1v) is 8.20. The van der Waals surface area contributed by atoms with Crippen molar-refractivity contribution in [2.45, 2.75) is 12.5 Å². The summed E-state index contributed by atoms with van der Waals surface area (Å²) in [5, 5.41) is 5.73. The molecule has 0 radical (unpaired) electrons. The van der Waals surface area contributed by atoms with Crippen LogP contribution in [-0.2, 0) is 4.79 Å². The highest BCUT2D eigenvalue weighted by Gasteiger charge is 2.29. The number of rotatable bonds is 3. The maximum atomic E-state index is 12.8. The average Bonchev–Trinajstić information content (AvgIpc) is 2.84. The van der Waals surface area contributed by atoms with E-state index in [1.807, 2.05) is 42.5 Å². The van der Waals surface area contributed by atoms with Crippen molar-refractivity contribution in [3.05, 3.63) is 60.2 Å². The van der Waals surface area contributed by atoms with Crippen molar-refractivity contribution in [1.82, 2.24) is 10.2 Å². The summed E-state index contributed by atoms with van der Waals surface area (Å²) in [7, 11) is 1.58. The molecule has 130 valence electrons. The number of anilines is 1. The van der Waals surface area contributed by atoms with Crippen molar-refractivity contribution >= 4 is 17.6 Å². The summed E-state index contributed by atoms with van der Waals surface area (Å²) in [6.07, 6.45) is 0.246. The van der Waals surface area contributed by atoms with Crippen LogP contribution in [0.25, 0.3) is 0 Å². The van der Waals surface area contributed by atoms with E-state index < -0.39 is 0 Å². The lowest BCUT2D eigenvalue weighted by Crippen LogP contribution is -2.39. The van der Waals surface area contributed by atoms with Crippen molar-refractivity contribution in [1.29, 1.82) is 0 Å². The largest absolute Gasteiger partial charge is 0.497 e. The lowest BCUT2D eigenvalue weighted by Gasteiger charge is -2.29. The monoisotopic (exact) mass is 339 g/mol. The number of methoxy groups -OCH3 is 1. The number of ether oxygens (including phenoxy) is 1. The SMILES string of the molecule is COc1cccc(NC(=O)N2CCNC(=O)C[C@@H]2c2ccccc2)c1. The first kappa shape index (κ1) is 16.8. The zero-order valence-electron chi connectivity index (χ0n) is 14.1. The van der Waals surface area contributed by atoms with Gasteiger partial charge in [-0.1, -0.05) is 36.4 Å². The average molecular weight is 339 g/mol. The summed E-state index contributed by atoms with van der Waals surface area (Å²) in [4.78, 5) is 26.5. The minimum Gasteiger partial charge on any atom is -0.497 e. The quantitative estimate of drug-likeness (QED) is 0.903. The molecule has 1 atom stereocenters. The van der Waals surface area contributed by atoms with Gasteiger partial charge in [0.05, 0.1) is 19.6 Å². The number of hydrogen-bond acceptors (Lipinski definition) is 3. The Morgan fingerprint density at radius 3 is 2.76 bits per heavy atom. The molecule has 0 aliphatic carbocycles. The molecule has 0 bridgehead atoms. The molecule has 3 amide bonds. The smallest absolute Gasteiger partial charge is 0.322 e. The van der Waals surface area contributed by atoms with Gasteiger partial charge in [-0.05, 0) is 17.7 Å². The number of urea groups is 1. The Labute approximate surface area is 146 Å². The zero-order chi connectivity index (χ0) is 17.6. The van der Waals surface area contributed by atoms with E-state index in [4.69, 9.17) is 4.74 Å². The molecule has 2 aromatic carbocycles. The van der Waals surface area contributed by atoms with Gasteiger partial charge in [-0.2, -0.15) is 0 Å². The third kappa shape index (κ3) is 4.09. The first-order chi connectivity index (χ1) is 12.2. The summed E-state index contributed by atoms with van der Waals surface area (Å²) in [5.41, 5.74) is 1.60. The van der Waals surface area contributed by atoms with E-state index >= 15 is 0 Å². The molecule has 6 heteroatoms. The number of hydrogen-bond donors (Lipinski definition) is 2. The predicted octanol–water partition coefficient (Wildman–Crippen LogP) is 2.79. The van der Waals surface area contributed by atoms with E-state index in [1.54, 1.807) is 24.1 Å². The van der Waals surface area contributed by atoms with Crippen molar-refractivity contribution in [2.75, 3.05) is 25.5 Å². The van der Waals surface area contributed by atoms with Crippen LogP contribution in [0.1, 0.15) is 18.0 Å². The third-order valence-corrected chi connectivity index (χ3v) is 4.20. The molecule has 0 aromatic heterocycles. The van der Waals surface area contributed by atoms with Crippen LogP contribution < -0.4 is 15.4 Å². The van der Waals surface area contributed by atoms with Crippen LogP contribution in [-0.4, -0.2) is 37.0 Å². The minimum atomic E-state index is -0.297. The van der Waals surface area contributed by atoms with Crippen LogP contribution in [0.2, 0.25) is 0 Å². The van der Waals surface area contributed by atoms with Crippen molar-refractivity contribution < 1.29 is 14.3 Å². The molecule has 1 saturated heterocycles. The van der Waals surface area contributed by atoms with Gasteiger partial charge in [0.15, 0.2) is 0 Å². The van der Waals surface area contributed by atoms with Gasteiger partial charge < -0.3 is 20.3 Å². The Morgan fingerprint density at radius 1 is 1.20 bits per heavy atom. The van der Waals surface area contributed by atoms with Crippen molar-refractivity contribution in [3.63, 3.8) is 0 Å². The second-order valence-corrected chi connectivity index (χ2v) is 5.84. The number of benzene rings is 2. The number of carbonyl (C=O) groups is 2. The van der Waals surface area contributed by atoms with Crippen LogP contribution in [0.5, 0.6) is 5.75 Å². The molecule has 0 unspecified atom stereocenters. The highest BCUT2D eigenvalue weighted by molar-refractivity contribution is 5.90. The number of carbonyl (C=O) groups excluding carboxylic acids is 2. The summed E-state index contributed by atoms with van der Waals surface area (Å²) < 4.78 is 5.19. The fourth-order valence-corrected chi connectivity index (χ4v) is 2.94. The van der Waals surface area contributed by atoms with Gasteiger partial charge in [0.2, 0.25) is 5.91 Å². The fourth-order valence-electron chi connectivity index (χ4n) is 2.94. The summed E-state index contributed by atoms with van der Waals surface area (Å²) in [5.74, 6) is 0.621. The Kier molecular flexibility index (Phi) is 5.18. The van der Waals surface area contributed by atoms with E-state index in [0.29, 0.717) is 24.5 Å². The van der Waals surface area contributed by atoms with Gasteiger partial charge in [0.25, 0.3) is 0 Å². The van der Waals surface area contributed by atoms with E-state index in [2.05, 4.69) is 10.6 Å². The molecule has 1 aliphatic rings. The van der Waals surface area contributed by atoms with E-state index in [0.717, 1.165) is 5.56 Å². The molecule has 1 aliphatic heterocycles. The number of nitrogens with zero attached hydrogens (tertiary/aromatic N) is 1. The van der Waals surface area contributed by atoms with Crippen molar-refractivity contribution in [3.8, 4) is 5.75 Å². The van der Waals surface area contributed by atoms with Crippen LogP contribution in [0.3, 0.4) is 0 Å². The molecule has 1 fully saturated rings. The van der Waals surface area contributed by atoms with Crippen LogP contribution in [0.4, 0.5) is 10.5 Å². The highest BCUT2D eigenvalue weighted by Crippen LogP contribution is 2.27. The Morgan fingerprint density at radius 2 is 2.00 bits per heavy atom. The molecule has 0 spiro atoms. The molecule has 2 N–H and O–H groups in total. The third-order valence-electron chi connectivity index (χ3n) is 4.20. The molecule has 6 nitrogen and oxygen atoms in total. The van der Waals surface area contributed by atoms with Crippen LogP contribution in [0.15, 0.2) is 54.6 Å². The maximum Gasteiger partial charge on any atom is 0.322 e. The number of amides is 3. The fraction of sp³-hybridized carbons (Fsp3) is 0.263. The molecule has 3 rings (SSSR count). The summed E-state index contributed by atoms with van der Waals surface area (Å²) in [6.45, 7) is 0.884. The van der Waals surface area contributed by atoms with E-state index in [1.165, 1.54) is 0 Å².